The fraction of sp³-hybridized carbons (Fsp3) is 0.263. The number of sulfonamides is 1. The van der Waals surface area contributed by atoms with E-state index in [0.29, 0.717) is 0 Å². The number of hydrogen-bond acceptors (Lipinski definition) is 4. The maximum Gasteiger partial charge on any atom is 0.242 e. The van der Waals surface area contributed by atoms with Crippen molar-refractivity contribution in [3.63, 3.8) is 0 Å². The first kappa shape index (κ1) is 21.5. The molecule has 0 bridgehead atoms. The Morgan fingerprint density at radius 3 is 2.21 bits per heavy atom. The van der Waals surface area contributed by atoms with Gasteiger partial charge in [0.1, 0.15) is 5.82 Å². The van der Waals surface area contributed by atoms with Gasteiger partial charge in [-0.25, -0.2) is 17.1 Å². The molecule has 9 heteroatoms. The Morgan fingerprint density at radius 1 is 0.964 bits per heavy atom. The van der Waals surface area contributed by atoms with Crippen LogP contribution in [0, 0.1) is 5.82 Å². The molecule has 0 aliphatic rings. The third-order valence-corrected chi connectivity index (χ3v) is 5.82. The number of nitrogens with one attached hydrogen (secondary N) is 2. The average molecular weight is 407 g/mol. The molecule has 0 aliphatic carbocycles. The predicted molar refractivity (Wildman–Crippen MR) is 102 cm³/mol. The molecule has 0 fully saturated rings. The van der Waals surface area contributed by atoms with Gasteiger partial charge in [-0.1, -0.05) is 30.3 Å². The van der Waals surface area contributed by atoms with E-state index in [2.05, 4.69) is 10.9 Å². The van der Waals surface area contributed by atoms with Gasteiger partial charge in [0.25, 0.3) is 0 Å². The Bertz CT molecular complexity index is 903. The van der Waals surface area contributed by atoms with Gasteiger partial charge in [-0.05, 0) is 36.2 Å². The fourth-order valence-corrected chi connectivity index (χ4v) is 3.61. The van der Waals surface area contributed by atoms with Crippen LogP contribution in [0.3, 0.4) is 0 Å². The molecule has 2 rings (SSSR count). The Morgan fingerprint density at radius 2 is 1.57 bits per heavy atom. The number of amides is 2. The van der Waals surface area contributed by atoms with Crippen LogP contribution in [0.25, 0.3) is 0 Å². The van der Waals surface area contributed by atoms with Crippen LogP contribution in [0.1, 0.15) is 18.4 Å². The van der Waals surface area contributed by atoms with E-state index in [1.165, 1.54) is 19.2 Å². The molecular formula is C19H22FN3O4S. The third-order valence-electron chi connectivity index (χ3n) is 3.95. The normalized spacial score (nSPS) is 11.2. The van der Waals surface area contributed by atoms with E-state index in [9.17, 15) is 22.4 Å². The lowest BCUT2D eigenvalue weighted by molar-refractivity contribution is -0.128. The first-order valence-corrected chi connectivity index (χ1v) is 10.1. The molecule has 0 atom stereocenters. The lowest BCUT2D eigenvalue weighted by atomic mass is 10.1. The van der Waals surface area contributed by atoms with Gasteiger partial charge in [0.05, 0.1) is 11.3 Å². The first-order chi connectivity index (χ1) is 13.3. The highest BCUT2D eigenvalue weighted by atomic mass is 32.2. The van der Waals surface area contributed by atoms with Crippen molar-refractivity contribution in [2.45, 2.75) is 24.2 Å². The van der Waals surface area contributed by atoms with Gasteiger partial charge in [-0.15, -0.1) is 0 Å². The molecule has 2 aromatic carbocycles. The fourth-order valence-electron chi connectivity index (χ4n) is 2.40. The lowest BCUT2D eigenvalue weighted by Crippen LogP contribution is -2.42. The smallest absolute Gasteiger partial charge is 0.242 e. The minimum atomic E-state index is -3.75. The molecule has 0 unspecified atom stereocenters. The molecule has 150 valence electrons. The highest BCUT2D eigenvalue weighted by Gasteiger charge is 2.20. The molecule has 28 heavy (non-hydrogen) atoms. The van der Waals surface area contributed by atoms with Crippen LogP contribution in [0.4, 0.5) is 4.39 Å². The van der Waals surface area contributed by atoms with E-state index in [-0.39, 0.29) is 36.6 Å². The summed E-state index contributed by atoms with van der Waals surface area (Å²) < 4.78 is 38.7. The number of benzene rings is 2. The van der Waals surface area contributed by atoms with Crippen molar-refractivity contribution in [2.24, 2.45) is 0 Å². The highest BCUT2D eigenvalue weighted by Crippen LogP contribution is 2.15. The number of hydrogen-bond donors (Lipinski definition) is 2. The van der Waals surface area contributed by atoms with E-state index in [1.54, 1.807) is 12.1 Å². The van der Waals surface area contributed by atoms with Crippen LogP contribution in [-0.4, -0.2) is 38.1 Å². The lowest BCUT2D eigenvalue weighted by Gasteiger charge is -2.17. The quantitative estimate of drug-likeness (QED) is 0.650. The second kappa shape index (κ2) is 9.95. The van der Waals surface area contributed by atoms with Gasteiger partial charge in [0.2, 0.25) is 21.8 Å². The standard InChI is InChI=1S/C19H22FN3O4S/c1-23(28(26,27)17-11-9-16(20)10-12-17)13-5-8-18(24)21-22-19(25)14-15-6-3-2-4-7-15/h2-4,6-7,9-12H,5,8,13-14H2,1H3,(H,21,24)(H,22,25). The van der Waals surface area contributed by atoms with Crippen LogP contribution in [0.2, 0.25) is 0 Å². The minimum absolute atomic E-state index is 0.0194. The molecule has 0 radical (unpaired) electrons. The van der Waals surface area contributed by atoms with Crippen LogP contribution < -0.4 is 10.9 Å². The van der Waals surface area contributed by atoms with Crippen LogP contribution in [-0.2, 0) is 26.0 Å². The van der Waals surface area contributed by atoms with Crippen molar-refractivity contribution in [1.29, 1.82) is 0 Å². The van der Waals surface area contributed by atoms with Crippen LogP contribution in [0.15, 0.2) is 59.5 Å². The molecule has 2 amide bonds. The first-order valence-electron chi connectivity index (χ1n) is 8.62. The summed E-state index contributed by atoms with van der Waals surface area (Å²) in [6, 6.07) is 13.6. The number of nitrogens with zero attached hydrogens (tertiary/aromatic N) is 1. The summed E-state index contributed by atoms with van der Waals surface area (Å²) in [6.07, 6.45) is 0.436. The molecule has 0 spiro atoms. The van der Waals surface area contributed by atoms with Crippen molar-refractivity contribution in [2.75, 3.05) is 13.6 Å². The molecule has 0 saturated carbocycles. The van der Waals surface area contributed by atoms with Crippen molar-refractivity contribution in [3.8, 4) is 0 Å². The average Bonchev–Trinajstić information content (AvgIpc) is 2.67. The van der Waals surface area contributed by atoms with Gasteiger partial charge < -0.3 is 0 Å². The Kier molecular flexibility index (Phi) is 7.65. The molecule has 0 aromatic heterocycles. The maximum absolute atomic E-state index is 12.9. The van der Waals surface area contributed by atoms with Gasteiger partial charge >= 0.3 is 0 Å². The molecule has 2 N–H and O–H groups in total. The van der Waals surface area contributed by atoms with Crippen molar-refractivity contribution >= 4 is 21.8 Å². The molecule has 0 heterocycles. The maximum atomic E-state index is 12.9. The van der Waals surface area contributed by atoms with E-state index in [0.717, 1.165) is 22.0 Å². The minimum Gasteiger partial charge on any atom is -0.273 e. The molecule has 7 nitrogen and oxygen atoms in total. The topological polar surface area (TPSA) is 95.6 Å². The molecule has 2 aromatic rings. The highest BCUT2D eigenvalue weighted by molar-refractivity contribution is 7.89. The van der Waals surface area contributed by atoms with Crippen LogP contribution >= 0.6 is 0 Å². The molecular weight excluding hydrogens is 385 g/mol. The summed E-state index contributed by atoms with van der Waals surface area (Å²) in [5.41, 5.74) is 5.45. The van der Waals surface area contributed by atoms with Crippen molar-refractivity contribution < 1.29 is 22.4 Å². The largest absolute Gasteiger partial charge is 0.273 e. The molecule has 0 saturated heterocycles. The van der Waals surface area contributed by atoms with Gasteiger partial charge in [-0.3, -0.25) is 20.4 Å². The zero-order valence-electron chi connectivity index (χ0n) is 15.4. The Hall–Kier alpha value is -2.78. The summed E-state index contributed by atoms with van der Waals surface area (Å²) in [5, 5.41) is 0. The monoisotopic (exact) mass is 407 g/mol. The van der Waals surface area contributed by atoms with Crippen molar-refractivity contribution in [1.82, 2.24) is 15.2 Å². The number of carbonyl (C=O) groups excluding carboxylic acids is 2. The Balaban J connectivity index is 1.72. The number of carbonyl (C=O) groups is 2. The predicted octanol–water partition coefficient (Wildman–Crippen LogP) is 1.62. The number of hydrazine groups is 1. The summed E-state index contributed by atoms with van der Waals surface area (Å²) in [7, 11) is -2.36. The van der Waals surface area contributed by atoms with E-state index >= 15 is 0 Å². The van der Waals surface area contributed by atoms with Gasteiger partial charge in [0.15, 0.2) is 0 Å². The van der Waals surface area contributed by atoms with Crippen molar-refractivity contribution in [3.05, 3.63) is 66.0 Å². The second-order valence-electron chi connectivity index (χ2n) is 6.14. The van der Waals surface area contributed by atoms with Gasteiger partial charge in [-0.2, -0.15) is 0 Å². The summed E-state index contributed by atoms with van der Waals surface area (Å²) in [4.78, 5) is 23.6. The van der Waals surface area contributed by atoms with Gasteiger partial charge in [0, 0.05) is 20.0 Å². The number of rotatable bonds is 8. The summed E-state index contributed by atoms with van der Waals surface area (Å²) in [5.74, 6) is -1.29. The second-order valence-corrected chi connectivity index (χ2v) is 8.19. The summed E-state index contributed by atoms with van der Waals surface area (Å²) in [6.45, 7) is 0.102. The SMILES string of the molecule is CN(CCCC(=O)NNC(=O)Cc1ccccc1)S(=O)(=O)c1ccc(F)cc1. The zero-order chi connectivity index (χ0) is 20.6. The number of halogens is 1. The van der Waals surface area contributed by atoms with E-state index in [1.807, 2.05) is 18.2 Å². The van der Waals surface area contributed by atoms with Crippen LogP contribution in [0.5, 0.6) is 0 Å². The summed E-state index contributed by atoms with van der Waals surface area (Å²) >= 11 is 0. The van der Waals surface area contributed by atoms with E-state index in [4.69, 9.17) is 0 Å². The zero-order valence-corrected chi connectivity index (χ0v) is 16.2. The Labute approximate surface area is 163 Å². The molecule has 0 aliphatic heterocycles. The third kappa shape index (κ3) is 6.43. The van der Waals surface area contributed by atoms with E-state index < -0.39 is 21.7 Å².